The molecule has 2 amide bonds. The van der Waals surface area contributed by atoms with Gasteiger partial charge in [0.1, 0.15) is 0 Å². The van der Waals surface area contributed by atoms with Crippen molar-refractivity contribution in [3.05, 3.63) is 29.3 Å². The summed E-state index contributed by atoms with van der Waals surface area (Å²) in [6, 6.07) is 4.51. The van der Waals surface area contributed by atoms with Crippen LogP contribution in [-0.2, 0) is 0 Å². The number of hydrogen-bond donors (Lipinski definition) is 4. The number of nitrogens with one attached hydrogen (secondary N) is 1. The summed E-state index contributed by atoms with van der Waals surface area (Å²) in [6.45, 7) is 4.61. The molecule has 0 spiro atoms. The molecule has 116 valence electrons. The topological polar surface area (TPSA) is 118 Å². The van der Waals surface area contributed by atoms with Gasteiger partial charge in [-0.25, -0.2) is 0 Å². The highest BCUT2D eigenvalue weighted by Crippen LogP contribution is 2.26. The van der Waals surface area contributed by atoms with Crippen LogP contribution in [0.4, 0.5) is 5.69 Å². The molecule has 0 saturated carbocycles. The van der Waals surface area contributed by atoms with Gasteiger partial charge in [0.15, 0.2) is 0 Å². The van der Waals surface area contributed by atoms with E-state index in [1.165, 1.54) is 6.07 Å². The lowest BCUT2D eigenvalue weighted by molar-refractivity contribution is 0.0999. The van der Waals surface area contributed by atoms with Crippen molar-refractivity contribution in [1.82, 2.24) is 0 Å². The van der Waals surface area contributed by atoms with Gasteiger partial charge in [0.25, 0.3) is 0 Å². The molecule has 6 heteroatoms. The largest absolute Gasteiger partial charge is 0.396 e. The van der Waals surface area contributed by atoms with Crippen LogP contribution in [0.1, 0.15) is 47.4 Å². The Morgan fingerprint density at radius 2 is 1.57 bits per heavy atom. The number of aliphatic hydroxyl groups is 1. The van der Waals surface area contributed by atoms with Gasteiger partial charge in [0, 0.05) is 28.8 Å². The number of nitrogens with two attached hydrogens (primary N) is 2. The van der Waals surface area contributed by atoms with Gasteiger partial charge in [0.05, 0.1) is 6.61 Å². The van der Waals surface area contributed by atoms with Gasteiger partial charge in [-0.2, -0.15) is 0 Å². The molecular weight excluding hydrogens is 270 g/mol. The summed E-state index contributed by atoms with van der Waals surface area (Å²) in [6.07, 6.45) is 1.62. The minimum atomic E-state index is -0.624. The quantitative estimate of drug-likeness (QED) is 0.573. The maximum Gasteiger partial charge on any atom is 0.248 e. The molecule has 6 N–H and O–H groups in total. The van der Waals surface area contributed by atoms with Crippen LogP contribution in [-0.4, -0.2) is 30.1 Å². The molecule has 1 aromatic rings. The van der Waals surface area contributed by atoms with Gasteiger partial charge in [-0.15, -0.1) is 0 Å². The fraction of sp³-hybridized carbons (Fsp3) is 0.467. The maximum absolute atomic E-state index is 11.3. The lowest BCUT2D eigenvalue weighted by Crippen LogP contribution is -2.32. The SMILES string of the molecule is CCC(CC)(CO)CNc1cc(C(N)=O)cc(C(N)=O)c1. The van der Waals surface area contributed by atoms with E-state index in [-0.39, 0.29) is 23.1 Å². The molecule has 21 heavy (non-hydrogen) atoms. The van der Waals surface area contributed by atoms with Crippen molar-refractivity contribution < 1.29 is 14.7 Å². The van der Waals surface area contributed by atoms with E-state index in [1.54, 1.807) is 12.1 Å². The van der Waals surface area contributed by atoms with Crippen molar-refractivity contribution in [2.75, 3.05) is 18.5 Å². The minimum absolute atomic E-state index is 0.0607. The average Bonchev–Trinajstić information content (AvgIpc) is 2.48. The summed E-state index contributed by atoms with van der Waals surface area (Å²) >= 11 is 0. The van der Waals surface area contributed by atoms with Crippen LogP contribution < -0.4 is 16.8 Å². The van der Waals surface area contributed by atoms with Crippen LogP contribution in [0.25, 0.3) is 0 Å². The average molecular weight is 293 g/mol. The van der Waals surface area contributed by atoms with Crippen LogP contribution in [0.15, 0.2) is 18.2 Å². The lowest BCUT2D eigenvalue weighted by Gasteiger charge is -2.30. The van der Waals surface area contributed by atoms with E-state index in [4.69, 9.17) is 11.5 Å². The van der Waals surface area contributed by atoms with E-state index in [2.05, 4.69) is 5.32 Å². The zero-order chi connectivity index (χ0) is 16.0. The lowest BCUT2D eigenvalue weighted by atomic mass is 9.83. The summed E-state index contributed by atoms with van der Waals surface area (Å²) in [5.41, 5.74) is 11.3. The molecular formula is C15H23N3O3. The molecule has 6 nitrogen and oxygen atoms in total. The van der Waals surface area contributed by atoms with Crippen molar-refractivity contribution >= 4 is 17.5 Å². The third kappa shape index (κ3) is 4.19. The zero-order valence-corrected chi connectivity index (χ0v) is 12.5. The molecule has 1 aromatic carbocycles. The number of benzene rings is 1. The molecule has 0 bridgehead atoms. The molecule has 0 aliphatic carbocycles. The van der Waals surface area contributed by atoms with Gasteiger partial charge in [-0.05, 0) is 31.0 Å². The fourth-order valence-electron chi connectivity index (χ4n) is 2.08. The van der Waals surface area contributed by atoms with Gasteiger partial charge in [0.2, 0.25) is 11.8 Å². The highest BCUT2D eigenvalue weighted by molar-refractivity contribution is 5.99. The molecule has 1 rings (SSSR count). The number of rotatable bonds is 8. The third-order valence-corrected chi connectivity index (χ3v) is 4.00. The van der Waals surface area contributed by atoms with Gasteiger partial charge in [-0.1, -0.05) is 13.8 Å². The molecule has 0 fully saturated rings. The highest BCUT2D eigenvalue weighted by Gasteiger charge is 2.25. The number of anilines is 1. The van der Waals surface area contributed by atoms with E-state index in [1.807, 2.05) is 13.8 Å². The molecule has 0 atom stereocenters. The second-order valence-electron chi connectivity index (χ2n) is 5.25. The normalized spacial score (nSPS) is 11.2. The fourth-order valence-corrected chi connectivity index (χ4v) is 2.08. The first-order chi connectivity index (χ1) is 9.87. The number of primary amides is 2. The summed E-state index contributed by atoms with van der Waals surface area (Å²) in [5.74, 6) is -1.25. The summed E-state index contributed by atoms with van der Waals surface area (Å²) in [5, 5.41) is 12.7. The van der Waals surface area contributed by atoms with Crippen molar-refractivity contribution in [3.63, 3.8) is 0 Å². The minimum Gasteiger partial charge on any atom is -0.396 e. The standard InChI is InChI=1S/C15H23N3O3/c1-3-15(4-2,9-19)8-18-12-6-10(13(16)20)5-11(7-12)14(17)21/h5-7,18-19H,3-4,8-9H2,1-2H3,(H2,16,20)(H2,17,21). The number of carbonyl (C=O) groups excluding carboxylic acids is 2. The highest BCUT2D eigenvalue weighted by atomic mass is 16.3. The molecule has 0 unspecified atom stereocenters. The number of amides is 2. The van der Waals surface area contributed by atoms with Crippen molar-refractivity contribution in [2.24, 2.45) is 16.9 Å². The molecule has 0 aromatic heterocycles. The Bertz CT molecular complexity index is 484. The van der Waals surface area contributed by atoms with Crippen LogP contribution in [0.5, 0.6) is 0 Å². The van der Waals surface area contributed by atoms with E-state index < -0.39 is 11.8 Å². The molecule has 0 heterocycles. The Morgan fingerprint density at radius 1 is 1.10 bits per heavy atom. The molecule has 0 radical (unpaired) electrons. The van der Waals surface area contributed by atoms with Crippen molar-refractivity contribution in [1.29, 1.82) is 0 Å². The predicted octanol–water partition coefficient (Wildman–Crippen LogP) is 1.10. The first kappa shape index (κ1) is 17.0. The van der Waals surface area contributed by atoms with Crippen molar-refractivity contribution in [3.8, 4) is 0 Å². The number of carbonyl (C=O) groups is 2. The Balaban J connectivity index is 3.02. The summed E-state index contributed by atoms with van der Waals surface area (Å²) in [7, 11) is 0. The van der Waals surface area contributed by atoms with Crippen LogP contribution in [0.3, 0.4) is 0 Å². The predicted molar refractivity (Wildman–Crippen MR) is 82.1 cm³/mol. The van der Waals surface area contributed by atoms with E-state index >= 15 is 0 Å². The van der Waals surface area contributed by atoms with Crippen LogP contribution in [0.2, 0.25) is 0 Å². The van der Waals surface area contributed by atoms with E-state index in [0.717, 1.165) is 12.8 Å². The third-order valence-electron chi connectivity index (χ3n) is 4.00. The maximum atomic E-state index is 11.3. The van der Waals surface area contributed by atoms with Crippen LogP contribution >= 0.6 is 0 Å². The Kier molecular flexibility index (Phi) is 5.72. The Morgan fingerprint density at radius 3 is 1.90 bits per heavy atom. The van der Waals surface area contributed by atoms with Crippen LogP contribution in [0, 0.1) is 5.41 Å². The summed E-state index contributed by atoms with van der Waals surface area (Å²) < 4.78 is 0. The molecule has 0 saturated heterocycles. The number of aliphatic hydroxyl groups excluding tert-OH is 1. The monoisotopic (exact) mass is 293 g/mol. The van der Waals surface area contributed by atoms with E-state index in [0.29, 0.717) is 12.2 Å². The Labute approximate surface area is 124 Å². The zero-order valence-electron chi connectivity index (χ0n) is 12.5. The number of hydrogen-bond acceptors (Lipinski definition) is 4. The second-order valence-corrected chi connectivity index (χ2v) is 5.25. The smallest absolute Gasteiger partial charge is 0.248 e. The van der Waals surface area contributed by atoms with E-state index in [9.17, 15) is 14.7 Å². The van der Waals surface area contributed by atoms with Crippen molar-refractivity contribution in [2.45, 2.75) is 26.7 Å². The van der Waals surface area contributed by atoms with Gasteiger partial charge < -0.3 is 21.9 Å². The summed E-state index contributed by atoms with van der Waals surface area (Å²) in [4.78, 5) is 22.6. The Hall–Kier alpha value is -2.08. The molecule has 0 aliphatic heterocycles. The molecule has 0 aliphatic rings. The van der Waals surface area contributed by atoms with Gasteiger partial charge >= 0.3 is 0 Å². The first-order valence-corrected chi connectivity index (χ1v) is 6.97. The van der Waals surface area contributed by atoms with Gasteiger partial charge in [-0.3, -0.25) is 9.59 Å². The second kappa shape index (κ2) is 7.08. The first-order valence-electron chi connectivity index (χ1n) is 6.97.